The number of carbonyl (C=O) groups is 1. The fraction of sp³-hybridized carbons (Fsp3) is 0.160. The summed E-state index contributed by atoms with van der Waals surface area (Å²) in [6.45, 7) is 0. The highest BCUT2D eigenvalue weighted by molar-refractivity contribution is 6.08. The average Bonchev–Trinajstić information content (AvgIpc) is 3.24. The number of hydrogen-bond donors (Lipinski definition) is 1. The van der Waals surface area contributed by atoms with E-state index in [9.17, 15) is 13.6 Å². The summed E-state index contributed by atoms with van der Waals surface area (Å²) in [5, 5.41) is 0. The maximum absolute atomic E-state index is 13.5. The lowest BCUT2D eigenvalue weighted by Crippen LogP contribution is -2.19. The fourth-order valence-corrected chi connectivity index (χ4v) is 3.79. The van der Waals surface area contributed by atoms with Crippen molar-refractivity contribution in [2.45, 2.75) is 25.2 Å². The molecule has 7 heteroatoms. The highest BCUT2D eigenvalue weighted by Gasteiger charge is 2.32. The number of allylic oxidation sites excluding steroid dienone is 2. The monoisotopic (exact) mass is 432 g/mol. The number of aromatic amines is 2. The van der Waals surface area contributed by atoms with Gasteiger partial charge < -0.3 is 9.72 Å². The van der Waals surface area contributed by atoms with Crippen LogP contribution >= 0.6 is 0 Å². The number of imidazole rings is 1. The van der Waals surface area contributed by atoms with E-state index in [0.717, 1.165) is 22.2 Å². The van der Waals surface area contributed by atoms with Crippen molar-refractivity contribution >= 4 is 22.4 Å². The number of pyridine rings is 1. The summed E-state index contributed by atoms with van der Waals surface area (Å²) in [4.78, 5) is 23.2. The molecule has 32 heavy (non-hydrogen) atoms. The Kier molecular flexibility index (Phi) is 5.01. The molecule has 5 nitrogen and oxygen atoms in total. The van der Waals surface area contributed by atoms with Gasteiger partial charge in [-0.25, -0.2) is 13.8 Å². The van der Waals surface area contributed by atoms with Crippen molar-refractivity contribution in [3.8, 4) is 11.6 Å². The second-order valence-electron chi connectivity index (χ2n) is 7.76. The Labute approximate surface area is 182 Å². The molecular weight excluding hydrogens is 412 g/mol. The third kappa shape index (κ3) is 4.01. The number of nitrogens with zero attached hydrogens (tertiary/aromatic N) is 1. The van der Waals surface area contributed by atoms with Gasteiger partial charge in [0.1, 0.15) is 5.75 Å². The minimum absolute atomic E-state index is 0.175. The first kappa shape index (κ1) is 20.1. The number of alkyl halides is 2. The van der Waals surface area contributed by atoms with Crippen LogP contribution in [0.1, 0.15) is 41.0 Å². The first-order chi connectivity index (χ1) is 15.5. The first-order valence-corrected chi connectivity index (χ1v) is 10.3. The van der Waals surface area contributed by atoms with Gasteiger partial charge in [0.2, 0.25) is 5.78 Å². The first-order valence-electron chi connectivity index (χ1n) is 10.3. The largest absolute Gasteiger partial charge is 0.405 e. The van der Waals surface area contributed by atoms with Crippen LogP contribution in [0.4, 0.5) is 8.78 Å². The van der Waals surface area contributed by atoms with Crippen LogP contribution in [0.5, 0.6) is 11.6 Å². The summed E-state index contributed by atoms with van der Waals surface area (Å²) < 4.78 is 33.0. The van der Waals surface area contributed by atoms with Gasteiger partial charge in [-0.15, -0.1) is 0 Å². The molecule has 0 atom stereocenters. The molecule has 2 N–H and O–H groups in total. The Balaban J connectivity index is 1.35. The number of benzene rings is 2. The Hall–Kier alpha value is -3.87. The Morgan fingerprint density at radius 3 is 2.62 bits per heavy atom. The molecule has 1 aliphatic rings. The van der Waals surface area contributed by atoms with Crippen molar-refractivity contribution in [2.75, 3.05) is 0 Å². The molecule has 4 aromatic rings. The van der Waals surface area contributed by atoms with E-state index < -0.39 is 5.92 Å². The third-order valence-electron chi connectivity index (χ3n) is 5.51. The highest BCUT2D eigenvalue weighted by Crippen LogP contribution is 2.38. The van der Waals surface area contributed by atoms with Gasteiger partial charge in [-0.05, 0) is 54.5 Å². The van der Waals surface area contributed by atoms with Gasteiger partial charge in [0.25, 0.3) is 5.92 Å². The minimum Gasteiger partial charge on any atom is -0.405 e. The number of para-hydroxylation sites is 2. The molecule has 160 valence electrons. The van der Waals surface area contributed by atoms with Gasteiger partial charge in [-0.2, -0.15) is 4.98 Å². The van der Waals surface area contributed by atoms with Crippen molar-refractivity contribution in [1.29, 1.82) is 0 Å². The van der Waals surface area contributed by atoms with Gasteiger partial charge >= 0.3 is 5.88 Å². The SMILES string of the molecule is O=C(c1ccc(Oc2[nH+]cccc2C2=CCC(F)(F)CC2)cc1)c1nc2ccccc2[nH]1. The van der Waals surface area contributed by atoms with E-state index in [1.165, 1.54) is 0 Å². The summed E-state index contributed by atoms with van der Waals surface area (Å²) in [6.07, 6.45) is 3.14. The molecule has 0 amide bonds. The number of ketones is 1. The summed E-state index contributed by atoms with van der Waals surface area (Å²) in [5.41, 5.74) is 3.60. The van der Waals surface area contributed by atoms with Crippen LogP contribution in [-0.4, -0.2) is 21.7 Å². The number of halogens is 2. The predicted molar refractivity (Wildman–Crippen MR) is 116 cm³/mol. The molecule has 2 aromatic carbocycles. The molecule has 0 aliphatic heterocycles. The lowest BCUT2D eigenvalue weighted by atomic mass is 9.92. The molecule has 5 rings (SSSR count). The number of aromatic nitrogens is 3. The lowest BCUT2D eigenvalue weighted by Gasteiger charge is -2.21. The van der Waals surface area contributed by atoms with Crippen LogP contribution < -0.4 is 9.72 Å². The number of rotatable bonds is 5. The Morgan fingerprint density at radius 2 is 1.88 bits per heavy atom. The van der Waals surface area contributed by atoms with Gasteiger partial charge in [0.15, 0.2) is 12.0 Å². The van der Waals surface area contributed by atoms with E-state index in [1.807, 2.05) is 36.4 Å². The van der Waals surface area contributed by atoms with Crippen molar-refractivity contribution in [3.05, 3.63) is 89.9 Å². The fourth-order valence-electron chi connectivity index (χ4n) is 3.79. The summed E-state index contributed by atoms with van der Waals surface area (Å²) in [5.74, 6) is -1.59. The number of nitrogens with one attached hydrogen (secondary N) is 2. The van der Waals surface area contributed by atoms with Crippen molar-refractivity contribution < 1.29 is 23.3 Å². The normalized spacial score (nSPS) is 15.4. The number of hydrogen-bond acceptors (Lipinski definition) is 3. The minimum atomic E-state index is -2.65. The van der Waals surface area contributed by atoms with Gasteiger partial charge in [0, 0.05) is 24.5 Å². The highest BCUT2D eigenvalue weighted by atomic mass is 19.3. The van der Waals surface area contributed by atoms with Crippen LogP contribution in [-0.2, 0) is 0 Å². The molecular formula is C25H20F2N3O2+. The van der Waals surface area contributed by atoms with Gasteiger partial charge in [0.05, 0.1) is 16.6 Å². The van der Waals surface area contributed by atoms with Crippen molar-refractivity contribution in [2.24, 2.45) is 0 Å². The van der Waals surface area contributed by atoms with Crippen LogP contribution in [0.15, 0.2) is 72.9 Å². The molecule has 0 bridgehead atoms. The zero-order valence-electron chi connectivity index (χ0n) is 17.1. The van der Waals surface area contributed by atoms with Crippen LogP contribution in [0, 0.1) is 0 Å². The maximum atomic E-state index is 13.5. The van der Waals surface area contributed by atoms with Gasteiger partial charge in [-0.1, -0.05) is 18.2 Å². The summed E-state index contributed by atoms with van der Waals surface area (Å²) in [7, 11) is 0. The summed E-state index contributed by atoms with van der Waals surface area (Å²) in [6, 6.07) is 17.9. The zero-order valence-corrected chi connectivity index (χ0v) is 17.1. The Morgan fingerprint density at radius 1 is 1.06 bits per heavy atom. The average molecular weight is 432 g/mol. The molecule has 0 fully saturated rings. The topological polar surface area (TPSA) is 69.1 Å². The smallest absolute Gasteiger partial charge is 0.379 e. The van der Waals surface area contributed by atoms with Crippen molar-refractivity contribution in [3.63, 3.8) is 0 Å². The third-order valence-corrected chi connectivity index (χ3v) is 5.51. The van der Waals surface area contributed by atoms with E-state index in [4.69, 9.17) is 4.74 Å². The molecule has 0 saturated heterocycles. The quantitative estimate of drug-likeness (QED) is 0.417. The van der Waals surface area contributed by atoms with E-state index in [1.54, 1.807) is 36.5 Å². The van der Waals surface area contributed by atoms with Gasteiger partial charge in [-0.3, -0.25) is 4.79 Å². The standard InChI is InChI=1S/C25H19F2N3O2/c26-25(27)13-11-16(12-14-25)19-4-3-15-28-24(19)32-18-9-7-17(8-10-18)22(31)23-29-20-5-1-2-6-21(20)30-23/h1-11,15H,12-14H2,(H,29,30)/p+1. The zero-order chi connectivity index (χ0) is 22.1. The van der Waals surface area contributed by atoms with E-state index >= 15 is 0 Å². The lowest BCUT2D eigenvalue weighted by molar-refractivity contribution is -0.391. The second-order valence-corrected chi connectivity index (χ2v) is 7.76. The van der Waals surface area contributed by atoms with Crippen LogP contribution in [0.2, 0.25) is 0 Å². The number of H-pyrrole nitrogens is 2. The van der Waals surface area contributed by atoms with Crippen LogP contribution in [0.3, 0.4) is 0 Å². The number of fused-ring (bicyclic) bond motifs is 1. The van der Waals surface area contributed by atoms with E-state index in [-0.39, 0.29) is 30.9 Å². The van der Waals surface area contributed by atoms with E-state index in [2.05, 4.69) is 15.0 Å². The van der Waals surface area contributed by atoms with Crippen LogP contribution in [0.25, 0.3) is 16.6 Å². The molecule has 0 unspecified atom stereocenters. The Bertz CT molecular complexity index is 1290. The molecule has 0 spiro atoms. The molecule has 2 heterocycles. The predicted octanol–water partition coefficient (Wildman–Crippen LogP) is 5.60. The van der Waals surface area contributed by atoms with Crippen molar-refractivity contribution in [1.82, 2.24) is 9.97 Å². The molecule has 2 aromatic heterocycles. The maximum Gasteiger partial charge on any atom is 0.379 e. The second kappa shape index (κ2) is 8.00. The van der Waals surface area contributed by atoms with E-state index in [0.29, 0.717) is 17.2 Å². The molecule has 0 radical (unpaired) electrons. The number of carbonyl (C=O) groups excluding carboxylic acids is 1. The summed E-state index contributed by atoms with van der Waals surface area (Å²) >= 11 is 0. The molecule has 0 saturated carbocycles. The molecule has 1 aliphatic carbocycles. The number of ether oxygens (including phenoxy) is 1.